The van der Waals surface area contributed by atoms with E-state index in [0.717, 1.165) is 0 Å². The van der Waals surface area contributed by atoms with Crippen LogP contribution in [0.5, 0.6) is 0 Å². The van der Waals surface area contributed by atoms with Crippen molar-refractivity contribution < 1.29 is 9.09 Å². The summed E-state index contributed by atoms with van der Waals surface area (Å²) >= 11 is 0. The molecular formula is C3H6O2P+. The highest BCUT2D eigenvalue weighted by Crippen LogP contribution is 2.00. The predicted octanol–water partition coefficient (Wildman–Crippen LogP) is 1.48. The SMILES string of the molecule is C=C(C)O[PH+]=O. The maximum absolute atomic E-state index is 9.48. The van der Waals surface area contributed by atoms with Crippen molar-refractivity contribution in [2.75, 3.05) is 0 Å². The molecule has 1 atom stereocenters. The second-order valence-corrected chi connectivity index (χ2v) is 1.26. The van der Waals surface area contributed by atoms with Crippen molar-refractivity contribution in [2.24, 2.45) is 0 Å². The molecule has 0 radical (unpaired) electrons. The third kappa shape index (κ3) is 3.64. The molecule has 0 aromatic rings. The minimum Gasteiger partial charge on any atom is -0.261 e. The highest BCUT2D eigenvalue weighted by Gasteiger charge is 1.84. The van der Waals surface area contributed by atoms with Crippen molar-refractivity contribution in [1.29, 1.82) is 0 Å². The van der Waals surface area contributed by atoms with Crippen LogP contribution in [0.2, 0.25) is 0 Å². The maximum atomic E-state index is 9.48. The summed E-state index contributed by atoms with van der Waals surface area (Å²) < 4.78 is 13.8. The van der Waals surface area contributed by atoms with E-state index in [9.17, 15) is 4.57 Å². The van der Waals surface area contributed by atoms with Crippen LogP contribution in [-0.2, 0) is 9.09 Å². The van der Waals surface area contributed by atoms with Crippen LogP contribution in [-0.4, -0.2) is 0 Å². The van der Waals surface area contributed by atoms with E-state index in [-0.39, 0.29) is 0 Å². The Hall–Kier alpha value is -0.360. The minimum absolute atomic E-state index is 0.489. The van der Waals surface area contributed by atoms with Crippen LogP contribution in [0.1, 0.15) is 6.92 Å². The quantitative estimate of drug-likeness (QED) is 0.392. The third-order valence-corrected chi connectivity index (χ3v) is 0.648. The summed E-state index contributed by atoms with van der Waals surface area (Å²) in [6.07, 6.45) is 0. The first-order valence-corrected chi connectivity index (χ1v) is 2.28. The Labute approximate surface area is 38.1 Å². The van der Waals surface area contributed by atoms with Crippen molar-refractivity contribution in [3.05, 3.63) is 12.3 Å². The van der Waals surface area contributed by atoms with E-state index in [1.165, 1.54) is 0 Å². The molecule has 0 aliphatic rings. The summed E-state index contributed by atoms with van der Waals surface area (Å²) in [6, 6.07) is 0. The molecular weight excluding hydrogens is 99.0 g/mol. The van der Waals surface area contributed by atoms with Crippen LogP contribution >= 0.6 is 8.69 Å². The van der Waals surface area contributed by atoms with Crippen LogP contribution < -0.4 is 0 Å². The summed E-state index contributed by atoms with van der Waals surface area (Å²) in [5.74, 6) is 0.489. The van der Waals surface area contributed by atoms with Gasteiger partial charge in [0, 0.05) is 0 Å². The fraction of sp³-hybridized carbons (Fsp3) is 0.333. The van der Waals surface area contributed by atoms with Crippen molar-refractivity contribution in [2.45, 2.75) is 6.92 Å². The number of hydrogen-bond donors (Lipinski definition) is 0. The average molecular weight is 105 g/mol. The molecule has 3 heteroatoms. The summed E-state index contributed by atoms with van der Waals surface area (Å²) in [5.41, 5.74) is 0. The molecule has 0 heterocycles. The van der Waals surface area contributed by atoms with E-state index in [1.54, 1.807) is 6.92 Å². The maximum Gasteiger partial charge on any atom is 0.541 e. The Bertz CT molecular complexity index is 69.2. The molecule has 0 saturated heterocycles. The normalized spacial score (nSPS) is 8.17. The average Bonchev–Trinajstić information content (AvgIpc) is 1.35. The van der Waals surface area contributed by atoms with E-state index in [4.69, 9.17) is 0 Å². The van der Waals surface area contributed by atoms with Crippen LogP contribution in [0, 0.1) is 0 Å². The monoisotopic (exact) mass is 105 g/mol. The van der Waals surface area contributed by atoms with Crippen LogP contribution in [0.15, 0.2) is 12.3 Å². The molecule has 0 aliphatic heterocycles. The molecule has 2 nitrogen and oxygen atoms in total. The van der Waals surface area contributed by atoms with Gasteiger partial charge in [-0.3, -0.25) is 4.52 Å². The molecule has 0 aromatic carbocycles. The fourth-order valence-electron chi connectivity index (χ4n) is 0.0711. The molecule has 34 valence electrons. The first kappa shape index (κ1) is 5.64. The minimum atomic E-state index is -0.711. The third-order valence-electron chi connectivity index (χ3n) is 0.216. The molecule has 0 saturated carbocycles. The zero-order valence-corrected chi connectivity index (χ0v) is 4.52. The molecule has 1 unspecified atom stereocenters. The number of hydrogen-bond acceptors (Lipinski definition) is 2. The van der Waals surface area contributed by atoms with E-state index in [2.05, 4.69) is 11.1 Å². The van der Waals surface area contributed by atoms with E-state index in [1.807, 2.05) is 0 Å². The molecule has 0 amide bonds. The molecule has 0 N–H and O–H groups in total. The lowest BCUT2D eigenvalue weighted by atomic mass is 10.7. The topological polar surface area (TPSA) is 26.3 Å². The Morgan fingerprint density at radius 2 is 2.50 bits per heavy atom. The van der Waals surface area contributed by atoms with Crippen molar-refractivity contribution in [3.8, 4) is 0 Å². The molecule has 0 aromatic heterocycles. The van der Waals surface area contributed by atoms with Gasteiger partial charge >= 0.3 is 8.69 Å². The van der Waals surface area contributed by atoms with Gasteiger partial charge < -0.3 is 0 Å². The van der Waals surface area contributed by atoms with Crippen LogP contribution in [0.4, 0.5) is 0 Å². The molecule has 0 spiro atoms. The lowest BCUT2D eigenvalue weighted by molar-refractivity contribution is 0.446. The molecule has 0 bridgehead atoms. The zero-order valence-electron chi connectivity index (χ0n) is 3.52. The van der Waals surface area contributed by atoms with Crippen molar-refractivity contribution in [1.82, 2.24) is 0 Å². The van der Waals surface area contributed by atoms with Gasteiger partial charge in [-0.25, -0.2) is 0 Å². The van der Waals surface area contributed by atoms with Crippen molar-refractivity contribution >= 4 is 8.69 Å². The van der Waals surface area contributed by atoms with Gasteiger partial charge in [-0.1, -0.05) is 6.58 Å². The Morgan fingerprint density at radius 1 is 2.00 bits per heavy atom. The van der Waals surface area contributed by atoms with Gasteiger partial charge in [-0.15, -0.1) is 0 Å². The Balaban J connectivity index is 3.05. The van der Waals surface area contributed by atoms with Gasteiger partial charge in [0.1, 0.15) is 0 Å². The largest absolute Gasteiger partial charge is 0.541 e. The second-order valence-electron chi connectivity index (χ2n) is 0.887. The first-order chi connectivity index (χ1) is 2.77. The van der Waals surface area contributed by atoms with Gasteiger partial charge in [0.05, 0.1) is 0 Å². The van der Waals surface area contributed by atoms with Gasteiger partial charge in [0.2, 0.25) is 0 Å². The standard InChI is InChI=1S/C3H6O2P/c1-3(2)5-6-4/h6H,1H2,2H3/q+1. The molecule has 6 heavy (non-hydrogen) atoms. The van der Waals surface area contributed by atoms with Crippen LogP contribution in [0.3, 0.4) is 0 Å². The smallest absolute Gasteiger partial charge is 0.261 e. The van der Waals surface area contributed by atoms with E-state index >= 15 is 0 Å². The van der Waals surface area contributed by atoms with Gasteiger partial charge in [0.25, 0.3) is 0 Å². The summed E-state index contributed by atoms with van der Waals surface area (Å²) in [7, 11) is -0.711. The molecule has 0 rings (SSSR count). The molecule has 0 fully saturated rings. The number of allylic oxidation sites excluding steroid dienone is 1. The van der Waals surface area contributed by atoms with Gasteiger partial charge in [0.15, 0.2) is 5.76 Å². The van der Waals surface area contributed by atoms with Crippen molar-refractivity contribution in [3.63, 3.8) is 0 Å². The lowest BCUT2D eigenvalue weighted by Gasteiger charge is -1.74. The first-order valence-electron chi connectivity index (χ1n) is 1.47. The summed E-state index contributed by atoms with van der Waals surface area (Å²) in [6.45, 7) is 4.97. The van der Waals surface area contributed by atoms with Crippen LogP contribution in [0.25, 0.3) is 0 Å². The van der Waals surface area contributed by atoms with Gasteiger partial charge in [-0.2, -0.15) is 0 Å². The second kappa shape index (κ2) is 2.86. The summed E-state index contributed by atoms with van der Waals surface area (Å²) in [5, 5.41) is 0. The fourth-order valence-corrected chi connectivity index (χ4v) is 0.213. The Kier molecular flexibility index (Phi) is 2.68. The zero-order chi connectivity index (χ0) is 4.99. The van der Waals surface area contributed by atoms with Gasteiger partial charge in [-0.05, 0) is 11.5 Å². The predicted molar refractivity (Wildman–Crippen MR) is 24.9 cm³/mol. The van der Waals surface area contributed by atoms with E-state index in [0.29, 0.717) is 5.76 Å². The highest BCUT2D eigenvalue weighted by atomic mass is 31.1. The van der Waals surface area contributed by atoms with E-state index < -0.39 is 8.69 Å². The Morgan fingerprint density at radius 3 is 2.50 bits per heavy atom. The number of rotatable bonds is 2. The summed E-state index contributed by atoms with van der Waals surface area (Å²) in [4.78, 5) is 0. The lowest BCUT2D eigenvalue weighted by Crippen LogP contribution is -1.62. The molecule has 0 aliphatic carbocycles. The highest BCUT2D eigenvalue weighted by molar-refractivity contribution is 7.17.